The fourth-order valence-corrected chi connectivity index (χ4v) is 19.8. The first-order chi connectivity index (χ1) is 35.6. The second-order valence-corrected chi connectivity index (χ2v) is 28.2. The number of carbonyl (C=O) groups is 5. The molecule has 17 nitrogen and oxygen atoms in total. The molecule has 15 fully saturated rings. The molecule has 0 radical (unpaired) electrons. The predicted octanol–water partition coefficient (Wildman–Crippen LogP) is 6.99. The Balaban J connectivity index is 0.000000124. The molecular formula is C58H82O17S. The van der Waals surface area contributed by atoms with Gasteiger partial charge in [0.2, 0.25) is 0 Å². The zero-order chi connectivity index (χ0) is 55.0. The Kier molecular flexibility index (Phi) is 15.6. The van der Waals surface area contributed by atoms with Gasteiger partial charge in [-0.15, -0.1) is 0 Å². The summed E-state index contributed by atoms with van der Waals surface area (Å²) in [7, 11) is -3.53. The van der Waals surface area contributed by atoms with E-state index in [1.807, 2.05) is 0 Å². The number of carbonyl (C=O) groups excluding carboxylic acids is 5. The van der Waals surface area contributed by atoms with Crippen LogP contribution in [0.4, 0.5) is 0 Å². The van der Waals surface area contributed by atoms with Crippen LogP contribution in [-0.4, -0.2) is 125 Å². The van der Waals surface area contributed by atoms with Gasteiger partial charge in [-0.3, -0.25) is 4.18 Å². The summed E-state index contributed by atoms with van der Waals surface area (Å²) in [6.07, 6.45) is 17.9. The molecule has 15 aliphatic rings. The highest BCUT2D eigenvalue weighted by molar-refractivity contribution is 7.87. The Morgan fingerprint density at radius 1 is 0.566 bits per heavy atom. The molecule has 18 heteroatoms. The molecule has 0 amide bonds. The smallest absolute Gasteiger partial charge is 0.344 e. The lowest BCUT2D eigenvalue weighted by atomic mass is 9.48. The lowest BCUT2D eigenvalue weighted by molar-refractivity contribution is -0.233. The highest BCUT2D eigenvalue weighted by Gasteiger charge is 2.66. The molecule has 1 aliphatic heterocycles. The molecule has 14 aliphatic carbocycles. The summed E-state index contributed by atoms with van der Waals surface area (Å²) in [6.45, 7) is 21.1. The largest absolute Gasteiger partial charge is 0.457 e. The van der Waals surface area contributed by atoms with Gasteiger partial charge in [-0.1, -0.05) is 26.3 Å². The predicted molar refractivity (Wildman–Crippen MR) is 275 cm³/mol. The molecule has 11 atom stereocenters. The Labute approximate surface area is 448 Å². The van der Waals surface area contributed by atoms with E-state index in [0.29, 0.717) is 78.1 Å². The maximum atomic E-state index is 11.9. The standard InChI is InChI=1S/C16H24O4.C15H22O3.C14H20O3.C13H16O7S/c1-11(2)14(18)20-16-8-12-5-13(9-16)7-15(6-12,10-16)19-4-3-17;1-10(2)13(17)18-15-6-11-3-12(7-15)5-14(4-11,8-15)9-16;1-9(2)12(15)17-14-6-10-3-11(7-14)5-13(16,4-10)8-14;1-6(2)13(15)18-5-10(14)19-11-7-3-8-9(4-7)21(16,17)20-12(8)11/h12-13,17H,1,3-10H2,2H3;11-12,16H,1,3-9H2,2H3;10-11,16H,1,3-8H2,2H3;7-9,11-12H,1,3-5H2,2H3. The van der Waals surface area contributed by atoms with E-state index in [2.05, 4.69) is 26.3 Å². The molecule has 14 bridgehead atoms. The minimum absolute atomic E-state index is 0.00284. The van der Waals surface area contributed by atoms with Crippen molar-refractivity contribution in [2.45, 2.75) is 202 Å². The van der Waals surface area contributed by atoms with Gasteiger partial charge in [0.05, 0.1) is 29.7 Å². The number of aliphatic hydroxyl groups excluding tert-OH is 2. The quantitative estimate of drug-likeness (QED) is 0.0687. The summed E-state index contributed by atoms with van der Waals surface area (Å²) in [5.41, 5.74) is -0.188. The van der Waals surface area contributed by atoms with E-state index >= 15 is 0 Å². The number of ether oxygens (including phenoxy) is 6. The van der Waals surface area contributed by atoms with Gasteiger partial charge in [0, 0.05) is 53.6 Å². The van der Waals surface area contributed by atoms with Crippen molar-refractivity contribution in [3.05, 3.63) is 48.6 Å². The van der Waals surface area contributed by atoms with Crippen LogP contribution in [0.1, 0.15) is 156 Å². The molecule has 1 saturated heterocycles. The van der Waals surface area contributed by atoms with Crippen molar-refractivity contribution >= 4 is 40.0 Å². The van der Waals surface area contributed by atoms with Gasteiger partial charge in [-0.25, -0.2) is 24.0 Å². The number of hydrogen-bond donors (Lipinski definition) is 3. The zero-order valence-electron chi connectivity index (χ0n) is 45.1. The third kappa shape index (κ3) is 11.7. The van der Waals surface area contributed by atoms with Crippen molar-refractivity contribution in [2.75, 3.05) is 26.4 Å². The molecule has 3 N–H and O–H groups in total. The third-order valence-corrected chi connectivity index (χ3v) is 21.0. The van der Waals surface area contributed by atoms with Crippen LogP contribution < -0.4 is 0 Å². The molecule has 0 spiro atoms. The molecule has 0 aromatic carbocycles. The number of esters is 5. The highest BCUT2D eigenvalue weighted by atomic mass is 32.2. The number of aliphatic hydroxyl groups is 3. The van der Waals surface area contributed by atoms with Crippen molar-refractivity contribution in [3.8, 4) is 0 Å². The lowest BCUT2D eigenvalue weighted by Gasteiger charge is -2.60. The number of rotatable bonds is 14. The van der Waals surface area contributed by atoms with Crippen molar-refractivity contribution in [2.24, 2.45) is 52.8 Å². The molecule has 0 aromatic heterocycles. The van der Waals surface area contributed by atoms with Crippen LogP contribution in [0.2, 0.25) is 0 Å². The van der Waals surface area contributed by atoms with Crippen LogP contribution in [-0.2, 0) is 66.7 Å². The van der Waals surface area contributed by atoms with Crippen molar-refractivity contribution < 1.29 is 80.3 Å². The molecule has 1 heterocycles. The first kappa shape index (κ1) is 56.8. The van der Waals surface area contributed by atoms with Crippen LogP contribution in [0.25, 0.3) is 0 Å². The van der Waals surface area contributed by atoms with Crippen molar-refractivity contribution in [1.29, 1.82) is 0 Å². The van der Waals surface area contributed by atoms with E-state index in [1.54, 1.807) is 20.8 Å². The van der Waals surface area contributed by atoms with E-state index in [-0.39, 0.29) is 70.7 Å². The van der Waals surface area contributed by atoms with E-state index < -0.39 is 57.3 Å². The van der Waals surface area contributed by atoms with Gasteiger partial charge in [0.1, 0.15) is 29.0 Å². The van der Waals surface area contributed by atoms with Crippen molar-refractivity contribution in [1.82, 2.24) is 0 Å². The van der Waals surface area contributed by atoms with Crippen LogP contribution in [0.15, 0.2) is 48.6 Å². The van der Waals surface area contributed by atoms with E-state index in [9.17, 15) is 42.6 Å². The Hall–Kier alpha value is -3.94. The lowest BCUT2D eigenvalue weighted by Crippen LogP contribution is -2.61. The van der Waals surface area contributed by atoms with Crippen molar-refractivity contribution in [3.63, 3.8) is 0 Å². The molecule has 76 heavy (non-hydrogen) atoms. The van der Waals surface area contributed by atoms with Crippen LogP contribution >= 0.6 is 0 Å². The Morgan fingerprint density at radius 2 is 1.00 bits per heavy atom. The normalized spacial score (nSPS) is 42.7. The molecule has 0 aromatic rings. The van der Waals surface area contributed by atoms with Crippen LogP contribution in [0, 0.1) is 52.8 Å². The highest BCUT2D eigenvalue weighted by Crippen LogP contribution is 2.64. The summed E-state index contributed by atoms with van der Waals surface area (Å²) in [6, 6.07) is 0. The minimum atomic E-state index is -3.53. The SMILES string of the molecule is C=C(C)C(=O)OC12CC3CC(CC(CO)(C3)C1)C2.C=C(C)C(=O)OC12CC3CC(CC(O)(C3)C1)C2.C=C(C)C(=O)OC12CC3CC(CC(OCCO)(C3)C1)C2.C=C(C)C(=O)OCC(=O)OC1C2CC3C1OS(=O)(=O)C3C2. The van der Waals surface area contributed by atoms with E-state index in [1.165, 1.54) is 26.2 Å². The van der Waals surface area contributed by atoms with Gasteiger partial charge in [0.15, 0.2) is 6.61 Å². The van der Waals surface area contributed by atoms with E-state index in [0.717, 1.165) is 89.9 Å². The fraction of sp³-hybridized carbons (Fsp3) is 0.776. The van der Waals surface area contributed by atoms with Gasteiger partial charge in [-0.05, 0) is 184 Å². The summed E-state index contributed by atoms with van der Waals surface area (Å²) >= 11 is 0. The average molecular weight is 1080 g/mol. The Morgan fingerprint density at radius 3 is 1.45 bits per heavy atom. The van der Waals surface area contributed by atoms with Crippen LogP contribution in [0.3, 0.4) is 0 Å². The zero-order valence-corrected chi connectivity index (χ0v) is 45.9. The third-order valence-electron chi connectivity index (χ3n) is 19.2. The van der Waals surface area contributed by atoms with Gasteiger partial charge < -0.3 is 43.7 Å². The summed E-state index contributed by atoms with van der Waals surface area (Å²) < 4.78 is 61.9. The summed E-state index contributed by atoms with van der Waals surface area (Å²) in [4.78, 5) is 58.4. The molecular weight excluding hydrogens is 1000 g/mol. The summed E-state index contributed by atoms with van der Waals surface area (Å²) in [5.74, 6) is 1.25. The minimum Gasteiger partial charge on any atom is -0.457 e. The summed E-state index contributed by atoms with van der Waals surface area (Å²) in [5, 5.41) is 28.8. The maximum absolute atomic E-state index is 11.9. The number of hydrogen-bond acceptors (Lipinski definition) is 17. The molecule has 11 unspecified atom stereocenters. The first-order valence-electron chi connectivity index (χ1n) is 27.8. The average Bonchev–Trinajstić information content (AvgIpc) is 3.93. The maximum Gasteiger partial charge on any atom is 0.344 e. The van der Waals surface area contributed by atoms with Gasteiger partial charge in [-0.2, -0.15) is 8.42 Å². The van der Waals surface area contributed by atoms with Gasteiger partial charge in [0.25, 0.3) is 10.1 Å². The van der Waals surface area contributed by atoms with Crippen LogP contribution in [0.5, 0.6) is 0 Å². The number of fused-ring (bicyclic) bond motifs is 1. The monoisotopic (exact) mass is 1080 g/mol. The topological polar surface area (TPSA) is 245 Å². The molecule has 14 saturated carbocycles. The second kappa shape index (κ2) is 20.9. The second-order valence-electron chi connectivity index (χ2n) is 26.4. The molecule has 15 rings (SSSR count). The first-order valence-corrected chi connectivity index (χ1v) is 29.3. The van der Waals surface area contributed by atoms with Gasteiger partial charge >= 0.3 is 29.8 Å². The Bertz CT molecular complexity index is 2450. The molecule has 422 valence electrons. The van der Waals surface area contributed by atoms with E-state index in [4.69, 9.17) is 37.7 Å². The fourth-order valence-electron chi connectivity index (χ4n) is 17.9.